The van der Waals surface area contributed by atoms with Crippen LogP contribution in [0.4, 0.5) is 5.69 Å². The number of rotatable bonds is 5. The molecule has 1 aliphatic rings. The summed E-state index contributed by atoms with van der Waals surface area (Å²) in [5, 5.41) is 4.42. The first-order chi connectivity index (χ1) is 16.5. The highest BCUT2D eigenvalue weighted by atomic mass is 32.2. The second kappa shape index (κ2) is 9.07. The van der Waals surface area contributed by atoms with E-state index in [9.17, 15) is 9.59 Å². The average Bonchev–Trinajstić information content (AvgIpc) is 3.54. The number of ether oxygens (including phenoxy) is 1. The zero-order valence-electron chi connectivity index (χ0n) is 18.6. The number of amidine groups is 1. The number of hydrogen-bond donors (Lipinski definition) is 1. The van der Waals surface area contributed by atoms with Crippen LogP contribution in [-0.2, 0) is 16.1 Å². The maximum Gasteiger partial charge on any atom is 0.373 e. The van der Waals surface area contributed by atoms with Crippen LogP contribution < -0.4 is 5.32 Å². The highest BCUT2D eigenvalue weighted by Crippen LogP contribution is 2.32. The van der Waals surface area contributed by atoms with E-state index in [1.807, 2.05) is 72.3 Å². The zero-order valence-corrected chi connectivity index (χ0v) is 19.4. The molecule has 0 aliphatic carbocycles. The number of aromatic nitrogens is 1. The monoisotopic (exact) mass is 471 g/mol. The fraction of sp³-hybridized carbons (Fsp3) is 0.115. The standard InChI is InChI=1S/C26H21N3O4S/c1-16-7-3-5-9-20(16)27-26-28-24(30)23(34-26)13-17-14-29(21-10-6-4-8-19(17)21)15-18-11-12-22(33-18)25(31)32-2/h3-14H,15H2,1-2H3,(H,27,28,30)/b23-13-. The first kappa shape index (κ1) is 21.8. The van der Waals surface area contributed by atoms with Gasteiger partial charge in [0.25, 0.3) is 5.91 Å². The minimum atomic E-state index is -0.513. The molecule has 1 fully saturated rings. The van der Waals surface area contributed by atoms with Crippen LogP contribution in [-0.4, -0.2) is 28.7 Å². The van der Waals surface area contributed by atoms with E-state index in [1.165, 1.54) is 18.9 Å². The van der Waals surface area contributed by atoms with Crippen LogP contribution in [0, 0.1) is 6.92 Å². The van der Waals surface area contributed by atoms with Crippen LogP contribution >= 0.6 is 11.8 Å². The molecule has 1 amide bonds. The summed E-state index contributed by atoms with van der Waals surface area (Å²) in [5.41, 5.74) is 3.76. The van der Waals surface area contributed by atoms with Gasteiger partial charge in [-0.3, -0.25) is 4.79 Å². The molecule has 34 heavy (non-hydrogen) atoms. The molecule has 1 aliphatic heterocycles. The lowest BCUT2D eigenvalue weighted by atomic mass is 10.1. The fourth-order valence-electron chi connectivity index (χ4n) is 3.78. The molecule has 170 valence electrons. The molecular formula is C26H21N3O4S. The van der Waals surface area contributed by atoms with Gasteiger partial charge in [-0.2, -0.15) is 0 Å². The summed E-state index contributed by atoms with van der Waals surface area (Å²) in [5.74, 6) is 0.0983. The lowest BCUT2D eigenvalue weighted by Crippen LogP contribution is -2.19. The average molecular weight is 472 g/mol. The van der Waals surface area contributed by atoms with E-state index in [1.54, 1.807) is 12.1 Å². The molecule has 0 radical (unpaired) electrons. The minimum Gasteiger partial charge on any atom is -0.463 e. The van der Waals surface area contributed by atoms with Crippen LogP contribution in [0.15, 0.2) is 81.2 Å². The van der Waals surface area contributed by atoms with Gasteiger partial charge in [-0.25, -0.2) is 9.79 Å². The molecule has 0 saturated carbocycles. The number of benzene rings is 2. The number of hydrogen-bond acceptors (Lipinski definition) is 6. The van der Waals surface area contributed by atoms with Crippen molar-refractivity contribution in [2.75, 3.05) is 7.11 Å². The lowest BCUT2D eigenvalue weighted by Gasteiger charge is -2.02. The first-order valence-electron chi connectivity index (χ1n) is 10.6. The normalized spacial score (nSPS) is 15.9. The number of furan rings is 1. The number of fused-ring (bicyclic) bond motifs is 1. The maximum absolute atomic E-state index is 12.6. The number of nitrogens with zero attached hydrogens (tertiary/aromatic N) is 2. The Balaban J connectivity index is 1.45. The molecule has 0 spiro atoms. The van der Waals surface area contributed by atoms with Crippen molar-refractivity contribution in [3.63, 3.8) is 0 Å². The van der Waals surface area contributed by atoms with Gasteiger partial charge in [0, 0.05) is 22.7 Å². The van der Waals surface area contributed by atoms with Crippen molar-refractivity contribution in [1.82, 2.24) is 9.88 Å². The molecule has 4 aromatic rings. The van der Waals surface area contributed by atoms with E-state index in [0.717, 1.165) is 27.7 Å². The second-order valence-corrected chi connectivity index (χ2v) is 8.79. The summed E-state index contributed by atoms with van der Waals surface area (Å²) in [7, 11) is 1.32. The van der Waals surface area contributed by atoms with E-state index < -0.39 is 5.97 Å². The SMILES string of the molecule is COC(=O)c1ccc(Cn2cc(/C=C3\SC(=Nc4ccccc4C)NC3=O)c3ccccc32)o1. The van der Waals surface area contributed by atoms with Gasteiger partial charge in [0.15, 0.2) is 5.17 Å². The van der Waals surface area contributed by atoms with Crippen molar-refractivity contribution in [2.24, 2.45) is 4.99 Å². The molecule has 0 atom stereocenters. The summed E-state index contributed by atoms with van der Waals surface area (Å²) in [4.78, 5) is 29.5. The van der Waals surface area contributed by atoms with Gasteiger partial charge in [0.05, 0.1) is 24.2 Å². The van der Waals surface area contributed by atoms with Gasteiger partial charge in [-0.05, 0) is 54.6 Å². The quantitative estimate of drug-likeness (QED) is 0.317. The van der Waals surface area contributed by atoms with Crippen molar-refractivity contribution in [3.8, 4) is 0 Å². The second-order valence-electron chi connectivity index (χ2n) is 7.76. The van der Waals surface area contributed by atoms with Gasteiger partial charge in [0.1, 0.15) is 5.76 Å². The number of methoxy groups -OCH3 is 1. The van der Waals surface area contributed by atoms with E-state index in [2.05, 4.69) is 10.3 Å². The van der Waals surface area contributed by atoms with Crippen LogP contribution in [0.2, 0.25) is 0 Å². The largest absolute Gasteiger partial charge is 0.463 e. The molecule has 7 nitrogen and oxygen atoms in total. The summed E-state index contributed by atoms with van der Waals surface area (Å²) < 4.78 is 12.4. The number of amides is 1. The minimum absolute atomic E-state index is 0.163. The Hall–Kier alpha value is -4.04. The van der Waals surface area contributed by atoms with Crippen molar-refractivity contribution in [3.05, 3.63) is 94.4 Å². The van der Waals surface area contributed by atoms with Crippen LogP contribution in [0.3, 0.4) is 0 Å². The third-order valence-electron chi connectivity index (χ3n) is 5.47. The third kappa shape index (κ3) is 4.27. The van der Waals surface area contributed by atoms with E-state index in [0.29, 0.717) is 22.4 Å². The predicted molar refractivity (Wildman–Crippen MR) is 133 cm³/mol. The highest BCUT2D eigenvalue weighted by Gasteiger charge is 2.24. The van der Waals surface area contributed by atoms with Gasteiger partial charge >= 0.3 is 5.97 Å². The molecule has 3 heterocycles. The van der Waals surface area contributed by atoms with Crippen molar-refractivity contribution >= 4 is 51.5 Å². The molecule has 2 aromatic carbocycles. The number of esters is 1. The van der Waals surface area contributed by atoms with Crippen molar-refractivity contribution in [2.45, 2.75) is 13.5 Å². The Morgan fingerprint density at radius 2 is 1.94 bits per heavy atom. The van der Waals surface area contributed by atoms with Crippen molar-refractivity contribution in [1.29, 1.82) is 0 Å². The molecule has 0 bridgehead atoms. The smallest absolute Gasteiger partial charge is 0.373 e. The summed E-state index contributed by atoms with van der Waals surface area (Å²) >= 11 is 1.32. The number of aliphatic imine (C=N–C) groups is 1. The first-order valence-corrected chi connectivity index (χ1v) is 11.4. The number of aryl methyl sites for hydroxylation is 1. The Kier molecular flexibility index (Phi) is 5.81. The third-order valence-corrected chi connectivity index (χ3v) is 6.38. The highest BCUT2D eigenvalue weighted by molar-refractivity contribution is 8.18. The molecule has 1 N–H and O–H groups in total. The number of carbonyl (C=O) groups excluding carboxylic acids is 2. The summed E-state index contributed by atoms with van der Waals surface area (Å²) in [6, 6.07) is 19.1. The van der Waals surface area contributed by atoms with E-state index in [4.69, 9.17) is 9.15 Å². The van der Waals surface area contributed by atoms with Crippen LogP contribution in [0.1, 0.15) is 27.4 Å². The molecule has 2 aromatic heterocycles. The fourth-order valence-corrected chi connectivity index (χ4v) is 4.61. The number of carbonyl (C=O) groups is 2. The summed E-state index contributed by atoms with van der Waals surface area (Å²) in [6.45, 7) is 2.42. The Labute approximate surface area is 200 Å². The zero-order chi connectivity index (χ0) is 23.7. The van der Waals surface area contributed by atoms with Gasteiger partial charge < -0.3 is 19.0 Å². The molecule has 8 heteroatoms. The van der Waals surface area contributed by atoms with E-state index >= 15 is 0 Å². The molecule has 0 unspecified atom stereocenters. The molecule has 1 saturated heterocycles. The van der Waals surface area contributed by atoms with Crippen LogP contribution in [0.25, 0.3) is 17.0 Å². The number of para-hydroxylation sites is 2. The molecule has 5 rings (SSSR count). The number of nitrogens with one attached hydrogen (secondary N) is 1. The van der Waals surface area contributed by atoms with Gasteiger partial charge in [-0.15, -0.1) is 0 Å². The maximum atomic E-state index is 12.6. The Bertz CT molecular complexity index is 1480. The Morgan fingerprint density at radius 1 is 1.15 bits per heavy atom. The lowest BCUT2D eigenvalue weighted by molar-refractivity contribution is -0.115. The number of thioether (sulfide) groups is 1. The molecular weight excluding hydrogens is 450 g/mol. The van der Waals surface area contributed by atoms with Gasteiger partial charge in [0.2, 0.25) is 5.76 Å². The Morgan fingerprint density at radius 3 is 2.76 bits per heavy atom. The van der Waals surface area contributed by atoms with Crippen LogP contribution in [0.5, 0.6) is 0 Å². The predicted octanol–water partition coefficient (Wildman–Crippen LogP) is 5.27. The van der Waals surface area contributed by atoms with Gasteiger partial charge in [-0.1, -0.05) is 36.4 Å². The van der Waals surface area contributed by atoms with Crippen molar-refractivity contribution < 1.29 is 18.7 Å². The summed E-state index contributed by atoms with van der Waals surface area (Å²) in [6.07, 6.45) is 3.85. The topological polar surface area (TPSA) is 85.8 Å². The van der Waals surface area contributed by atoms with E-state index in [-0.39, 0.29) is 11.7 Å².